The number of rotatable bonds is 3. The summed E-state index contributed by atoms with van der Waals surface area (Å²) < 4.78 is 0. The molecule has 2 N–H and O–H groups in total. The minimum absolute atomic E-state index is 0.550. The zero-order valence-corrected chi connectivity index (χ0v) is 11.4. The van der Waals surface area contributed by atoms with Crippen molar-refractivity contribution in [1.82, 2.24) is 15.0 Å². The molecular formula is C14H14N4S. The summed E-state index contributed by atoms with van der Waals surface area (Å²) >= 11 is 1.66. The summed E-state index contributed by atoms with van der Waals surface area (Å²) in [5.41, 5.74) is 9.72. The molecule has 0 atom stereocenters. The molecule has 0 aliphatic heterocycles. The molecule has 0 spiro atoms. The van der Waals surface area contributed by atoms with Crippen molar-refractivity contribution in [2.24, 2.45) is 5.73 Å². The van der Waals surface area contributed by atoms with E-state index >= 15 is 0 Å². The van der Waals surface area contributed by atoms with Gasteiger partial charge in [0.05, 0.1) is 16.7 Å². The number of hydrogen-bond donors (Lipinski definition) is 1. The fourth-order valence-corrected chi connectivity index (χ4v) is 3.06. The maximum Gasteiger partial charge on any atom is 0.123 e. The normalized spacial score (nSPS) is 11.1. The van der Waals surface area contributed by atoms with Crippen LogP contribution in [0.3, 0.4) is 0 Å². The van der Waals surface area contributed by atoms with Crippen LogP contribution in [0.15, 0.2) is 30.6 Å². The van der Waals surface area contributed by atoms with Crippen LogP contribution in [0.5, 0.6) is 0 Å². The van der Waals surface area contributed by atoms with Gasteiger partial charge < -0.3 is 5.73 Å². The fourth-order valence-electron chi connectivity index (χ4n) is 2.04. The van der Waals surface area contributed by atoms with Gasteiger partial charge in [-0.1, -0.05) is 6.92 Å². The molecular weight excluding hydrogens is 256 g/mol. The first kappa shape index (κ1) is 12.2. The molecule has 0 amide bonds. The third-order valence-corrected chi connectivity index (χ3v) is 4.18. The van der Waals surface area contributed by atoms with Crippen LogP contribution in [0.4, 0.5) is 0 Å². The molecule has 3 aromatic rings. The SMILES string of the molecule is CCc1nc(-c2ccc3nccnc3c2)sc1CN. The predicted octanol–water partition coefficient (Wildman–Crippen LogP) is 2.77. The molecule has 2 heterocycles. The number of benzene rings is 1. The summed E-state index contributed by atoms with van der Waals surface area (Å²) in [6, 6.07) is 6.04. The Bertz CT molecular complexity index is 699. The minimum atomic E-state index is 0.550. The van der Waals surface area contributed by atoms with E-state index in [1.165, 1.54) is 0 Å². The van der Waals surface area contributed by atoms with Crippen molar-refractivity contribution < 1.29 is 0 Å². The van der Waals surface area contributed by atoms with Gasteiger partial charge in [0, 0.05) is 29.4 Å². The molecule has 0 fully saturated rings. The van der Waals surface area contributed by atoms with Crippen LogP contribution in [0.2, 0.25) is 0 Å². The van der Waals surface area contributed by atoms with Crippen molar-refractivity contribution in [2.75, 3.05) is 0 Å². The van der Waals surface area contributed by atoms with Crippen molar-refractivity contribution in [3.63, 3.8) is 0 Å². The molecule has 0 radical (unpaired) electrons. The molecule has 1 aromatic carbocycles. The summed E-state index contributed by atoms with van der Waals surface area (Å²) in [4.78, 5) is 14.4. The monoisotopic (exact) mass is 270 g/mol. The molecule has 3 rings (SSSR count). The van der Waals surface area contributed by atoms with Crippen molar-refractivity contribution in [3.05, 3.63) is 41.2 Å². The predicted molar refractivity (Wildman–Crippen MR) is 77.9 cm³/mol. The number of nitrogens with two attached hydrogens (primary N) is 1. The molecule has 0 bridgehead atoms. The second-order valence-corrected chi connectivity index (χ2v) is 5.29. The van der Waals surface area contributed by atoms with Gasteiger partial charge in [-0.3, -0.25) is 9.97 Å². The number of aryl methyl sites for hydroxylation is 1. The lowest BCUT2D eigenvalue weighted by Crippen LogP contribution is -1.96. The first-order chi connectivity index (χ1) is 9.31. The van der Waals surface area contributed by atoms with Crippen LogP contribution < -0.4 is 5.73 Å². The standard InChI is InChI=1S/C14H14N4S/c1-2-10-13(8-15)19-14(18-10)9-3-4-11-12(7-9)17-6-5-16-11/h3-7H,2,8,15H2,1H3. The molecule has 96 valence electrons. The van der Waals surface area contributed by atoms with Crippen LogP contribution in [-0.4, -0.2) is 15.0 Å². The van der Waals surface area contributed by atoms with E-state index in [1.807, 2.05) is 18.2 Å². The van der Waals surface area contributed by atoms with Crippen LogP contribution >= 0.6 is 11.3 Å². The van der Waals surface area contributed by atoms with E-state index < -0.39 is 0 Å². The van der Waals surface area contributed by atoms with E-state index in [4.69, 9.17) is 5.73 Å². The molecule has 0 aliphatic rings. The topological polar surface area (TPSA) is 64.7 Å². The van der Waals surface area contributed by atoms with E-state index in [1.54, 1.807) is 23.7 Å². The molecule has 4 nitrogen and oxygen atoms in total. The number of hydrogen-bond acceptors (Lipinski definition) is 5. The van der Waals surface area contributed by atoms with Gasteiger partial charge in [0.1, 0.15) is 5.01 Å². The maximum absolute atomic E-state index is 5.76. The highest BCUT2D eigenvalue weighted by atomic mass is 32.1. The summed E-state index contributed by atoms with van der Waals surface area (Å²) in [6.45, 7) is 2.65. The van der Waals surface area contributed by atoms with E-state index in [9.17, 15) is 0 Å². The largest absolute Gasteiger partial charge is 0.326 e. The maximum atomic E-state index is 5.76. The van der Waals surface area contributed by atoms with Gasteiger partial charge in [-0.2, -0.15) is 0 Å². The van der Waals surface area contributed by atoms with Crippen molar-refractivity contribution >= 4 is 22.4 Å². The van der Waals surface area contributed by atoms with Crippen molar-refractivity contribution in [2.45, 2.75) is 19.9 Å². The highest BCUT2D eigenvalue weighted by Crippen LogP contribution is 2.29. The quantitative estimate of drug-likeness (QED) is 0.794. The first-order valence-corrected chi connectivity index (χ1v) is 7.03. The Morgan fingerprint density at radius 1 is 1.16 bits per heavy atom. The summed E-state index contributed by atoms with van der Waals surface area (Å²) in [5.74, 6) is 0. The molecule has 2 aromatic heterocycles. The summed E-state index contributed by atoms with van der Waals surface area (Å²) in [5, 5.41) is 1.00. The number of fused-ring (bicyclic) bond motifs is 1. The van der Waals surface area contributed by atoms with E-state index in [0.717, 1.165) is 38.6 Å². The van der Waals surface area contributed by atoms with Crippen LogP contribution in [0, 0.1) is 0 Å². The number of nitrogens with zero attached hydrogens (tertiary/aromatic N) is 3. The van der Waals surface area contributed by atoms with Gasteiger partial charge in [0.25, 0.3) is 0 Å². The summed E-state index contributed by atoms with van der Waals surface area (Å²) in [7, 11) is 0. The average Bonchev–Trinajstić information content (AvgIpc) is 2.90. The van der Waals surface area contributed by atoms with Gasteiger partial charge in [0.2, 0.25) is 0 Å². The van der Waals surface area contributed by atoms with E-state index in [2.05, 4.69) is 21.9 Å². The number of thiazole rings is 1. The lowest BCUT2D eigenvalue weighted by molar-refractivity contribution is 0.989. The third kappa shape index (κ3) is 2.22. The van der Waals surface area contributed by atoms with Crippen LogP contribution in [0.25, 0.3) is 21.6 Å². The molecule has 0 saturated carbocycles. The van der Waals surface area contributed by atoms with Gasteiger partial charge in [-0.15, -0.1) is 11.3 Å². The first-order valence-electron chi connectivity index (χ1n) is 6.21. The highest BCUT2D eigenvalue weighted by molar-refractivity contribution is 7.15. The average molecular weight is 270 g/mol. The molecule has 5 heteroatoms. The zero-order chi connectivity index (χ0) is 13.2. The summed E-state index contributed by atoms with van der Waals surface area (Å²) in [6.07, 6.45) is 4.32. The van der Waals surface area contributed by atoms with Crippen LogP contribution in [0.1, 0.15) is 17.5 Å². The third-order valence-electron chi connectivity index (χ3n) is 3.01. The Balaban J connectivity index is 2.10. The van der Waals surface area contributed by atoms with Crippen molar-refractivity contribution in [3.8, 4) is 10.6 Å². The smallest absolute Gasteiger partial charge is 0.123 e. The molecule has 0 unspecified atom stereocenters. The zero-order valence-electron chi connectivity index (χ0n) is 10.6. The lowest BCUT2D eigenvalue weighted by Gasteiger charge is -1.98. The Labute approximate surface area is 115 Å². The Hall–Kier alpha value is -1.85. The van der Waals surface area contributed by atoms with Crippen molar-refractivity contribution in [1.29, 1.82) is 0 Å². The Kier molecular flexibility index (Phi) is 3.23. The second kappa shape index (κ2) is 5.03. The minimum Gasteiger partial charge on any atom is -0.326 e. The van der Waals surface area contributed by atoms with E-state index in [-0.39, 0.29) is 0 Å². The Morgan fingerprint density at radius 3 is 2.63 bits per heavy atom. The fraction of sp³-hybridized carbons (Fsp3) is 0.214. The van der Waals surface area contributed by atoms with Gasteiger partial charge in [-0.05, 0) is 24.6 Å². The van der Waals surface area contributed by atoms with Gasteiger partial charge in [0.15, 0.2) is 0 Å². The number of aromatic nitrogens is 3. The van der Waals surface area contributed by atoms with Gasteiger partial charge in [-0.25, -0.2) is 4.98 Å². The lowest BCUT2D eigenvalue weighted by atomic mass is 10.2. The van der Waals surface area contributed by atoms with Gasteiger partial charge >= 0.3 is 0 Å². The molecule has 0 aliphatic carbocycles. The second-order valence-electron chi connectivity index (χ2n) is 4.21. The van der Waals surface area contributed by atoms with E-state index in [0.29, 0.717) is 6.54 Å². The molecule has 19 heavy (non-hydrogen) atoms. The van der Waals surface area contributed by atoms with Crippen LogP contribution in [-0.2, 0) is 13.0 Å². The highest BCUT2D eigenvalue weighted by Gasteiger charge is 2.10. The Morgan fingerprint density at radius 2 is 1.95 bits per heavy atom. The molecule has 0 saturated heterocycles.